The largest absolute Gasteiger partial charge is 0.392 e. The predicted octanol–water partition coefficient (Wildman–Crippen LogP) is 0.178. The molecule has 0 aliphatic heterocycles. The van der Waals surface area contributed by atoms with Crippen LogP contribution in [-0.4, -0.2) is 22.3 Å². The van der Waals surface area contributed by atoms with Crippen LogP contribution in [0.3, 0.4) is 0 Å². The van der Waals surface area contributed by atoms with Crippen molar-refractivity contribution >= 4 is 5.69 Å². The molecule has 4 nitrogen and oxygen atoms in total. The van der Waals surface area contributed by atoms with Crippen molar-refractivity contribution in [2.75, 3.05) is 11.9 Å². The second-order valence-electron chi connectivity index (χ2n) is 3.09. The standard InChI is InChI=1S/C9H14N2O2/c1-7(12)6-10-8-3-4-11(2)9(13)5-8/h3-5,7,10,12H,6H2,1-2H3. The Balaban J connectivity index is 2.69. The summed E-state index contributed by atoms with van der Waals surface area (Å²) in [6.07, 6.45) is 1.27. The first-order chi connectivity index (χ1) is 6.09. The van der Waals surface area contributed by atoms with E-state index in [2.05, 4.69) is 5.32 Å². The second kappa shape index (κ2) is 4.09. The van der Waals surface area contributed by atoms with Crippen LogP contribution in [0.15, 0.2) is 23.1 Å². The van der Waals surface area contributed by atoms with E-state index in [1.807, 2.05) is 0 Å². The summed E-state index contributed by atoms with van der Waals surface area (Å²) in [7, 11) is 1.70. The number of aromatic nitrogens is 1. The zero-order valence-corrected chi connectivity index (χ0v) is 7.82. The number of aliphatic hydroxyl groups excluding tert-OH is 1. The maximum absolute atomic E-state index is 11.1. The highest BCUT2D eigenvalue weighted by Crippen LogP contribution is 2.00. The quantitative estimate of drug-likeness (QED) is 0.701. The number of rotatable bonds is 3. The van der Waals surface area contributed by atoms with E-state index in [4.69, 9.17) is 5.11 Å². The first-order valence-electron chi connectivity index (χ1n) is 4.18. The summed E-state index contributed by atoms with van der Waals surface area (Å²) >= 11 is 0. The summed E-state index contributed by atoms with van der Waals surface area (Å²) in [6, 6.07) is 3.30. The normalized spacial score (nSPS) is 12.5. The smallest absolute Gasteiger partial charge is 0.252 e. The number of aryl methyl sites for hydroxylation is 1. The Hall–Kier alpha value is -1.29. The van der Waals surface area contributed by atoms with Gasteiger partial charge < -0.3 is 15.0 Å². The molecule has 4 heteroatoms. The van der Waals surface area contributed by atoms with E-state index >= 15 is 0 Å². The van der Waals surface area contributed by atoms with Gasteiger partial charge in [-0.1, -0.05) is 0 Å². The Morgan fingerprint density at radius 2 is 2.38 bits per heavy atom. The SMILES string of the molecule is CC(O)CNc1ccn(C)c(=O)c1. The van der Waals surface area contributed by atoms with Gasteiger partial charge in [0.1, 0.15) is 0 Å². The molecule has 72 valence electrons. The molecule has 0 saturated carbocycles. The van der Waals surface area contributed by atoms with Crippen LogP contribution in [0.5, 0.6) is 0 Å². The van der Waals surface area contributed by atoms with E-state index in [9.17, 15) is 4.79 Å². The fourth-order valence-corrected chi connectivity index (χ4v) is 0.924. The summed E-state index contributed by atoms with van der Waals surface area (Å²) in [4.78, 5) is 11.1. The Morgan fingerprint density at radius 3 is 2.92 bits per heavy atom. The van der Waals surface area contributed by atoms with Gasteiger partial charge in [0.15, 0.2) is 0 Å². The minimum Gasteiger partial charge on any atom is -0.392 e. The molecule has 0 bridgehead atoms. The molecule has 2 N–H and O–H groups in total. The van der Waals surface area contributed by atoms with Crippen molar-refractivity contribution in [2.24, 2.45) is 7.05 Å². The molecular weight excluding hydrogens is 168 g/mol. The maximum Gasteiger partial charge on any atom is 0.252 e. The fraction of sp³-hybridized carbons (Fsp3) is 0.444. The van der Waals surface area contributed by atoms with Crippen LogP contribution >= 0.6 is 0 Å². The third-order valence-corrected chi connectivity index (χ3v) is 1.71. The van der Waals surface area contributed by atoms with Crippen molar-refractivity contribution in [2.45, 2.75) is 13.0 Å². The zero-order valence-electron chi connectivity index (χ0n) is 7.82. The Labute approximate surface area is 76.8 Å². The van der Waals surface area contributed by atoms with Gasteiger partial charge in [-0.25, -0.2) is 0 Å². The first kappa shape index (κ1) is 9.80. The molecule has 1 unspecified atom stereocenters. The Kier molecular flexibility index (Phi) is 3.08. The molecule has 0 spiro atoms. The summed E-state index contributed by atoms with van der Waals surface area (Å²) in [5.74, 6) is 0. The molecular formula is C9H14N2O2. The molecule has 1 aromatic heterocycles. The fourth-order valence-electron chi connectivity index (χ4n) is 0.924. The highest BCUT2D eigenvalue weighted by atomic mass is 16.3. The van der Waals surface area contributed by atoms with Crippen molar-refractivity contribution in [3.8, 4) is 0 Å². The number of hydrogen-bond acceptors (Lipinski definition) is 3. The number of anilines is 1. The van der Waals surface area contributed by atoms with Crippen LogP contribution in [0.1, 0.15) is 6.92 Å². The monoisotopic (exact) mass is 182 g/mol. The number of aliphatic hydroxyl groups is 1. The van der Waals surface area contributed by atoms with Crippen LogP contribution in [0.4, 0.5) is 5.69 Å². The van der Waals surface area contributed by atoms with Gasteiger partial charge in [0.25, 0.3) is 5.56 Å². The molecule has 0 fully saturated rings. The topological polar surface area (TPSA) is 54.3 Å². The highest BCUT2D eigenvalue weighted by molar-refractivity contribution is 5.40. The van der Waals surface area contributed by atoms with Crippen molar-refractivity contribution in [1.29, 1.82) is 0 Å². The van der Waals surface area contributed by atoms with Gasteiger partial charge in [0, 0.05) is 31.5 Å². The van der Waals surface area contributed by atoms with Gasteiger partial charge in [-0.15, -0.1) is 0 Å². The molecule has 13 heavy (non-hydrogen) atoms. The number of hydrogen-bond donors (Lipinski definition) is 2. The van der Waals surface area contributed by atoms with E-state index in [-0.39, 0.29) is 5.56 Å². The summed E-state index contributed by atoms with van der Waals surface area (Å²) in [6.45, 7) is 2.14. The predicted molar refractivity (Wildman–Crippen MR) is 51.9 cm³/mol. The lowest BCUT2D eigenvalue weighted by atomic mass is 10.3. The van der Waals surface area contributed by atoms with E-state index < -0.39 is 6.10 Å². The molecule has 0 aliphatic rings. The molecule has 0 amide bonds. The van der Waals surface area contributed by atoms with E-state index in [1.54, 1.807) is 26.2 Å². The van der Waals surface area contributed by atoms with Crippen LogP contribution < -0.4 is 10.9 Å². The summed E-state index contributed by atoms with van der Waals surface area (Å²) in [5.41, 5.74) is 0.680. The molecule has 1 aromatic rings. The molecule has 0 saturated heterocycles. The second-order valence-corrected chi connectivity index (χ2v) is 3.09. The third-order valence-electron chi connectivity index (χ3n) is 1.71. The van der Waals surface area contributed by atoms with Crippen LogP contribution in [0, 0.1) is 0 Å². The van der Waals surface area contributed by atoms with Crippen LogP contribution in [0.2, 0.25) is 0 Å². The summed E-state index contributed by atoms with van der Waals surface area (Å²) < 4.78 is 1.49. The first-order valence-corrected chi connectivity index (χ1v) is 4.18. The number of pyridine rings is 1. The molecule has 0 radical (unpaired) electrons. The summed E-state index contributed by atoms with van der Waals surface area (Å²) in [5, 5.41) is 11.9. The highest BCUT2D eigenvalue weighted by Gasteiger charge is 1.97. The molecule has 0 aliphatic carbocycles. The van der Waals surface area contributed by atoms with Crippen LogP contribution in [0.25, 0.3) is 0 Å². The molecule has 1 atom stereocenters. The third kappa shape index (κ3) is 2.91. The van der Waals surface area contributed by atoms with Gasteiger partial charge in [-0.2, -0.15) is 0 Å². The molecule has 1 rings (SSSR count). The molecule has 1 heterocycles. The Morgan fingerprint density at radius 1 is 1.69 bits per heavy atom. The van der Waals surface area contributed by atoms with Gasteiger partial charge in [-0.3, -0.25) is 4.79 Å². The van der Waals surface area contributed by atoms with Gasteiger partial charge >= 0.3 is 0 Å². The average molecular weight is 182 g/mol. The van der Waals surface area contributed by atoms with Gasteiger partial charge in [-0.05, 0) is 13.0 Å². The van der Waals surface area contributed by atoms with E-state index in [0.717, 1.165) is 5.69 Å². The van der Waals surface area contributed by atoms with Crippen LogP contribution in [-0.2, 0) is 7.05 Å². The lowest BCUT2D eigenvalue weighted by Crippen LogP contribution is -2.19. The van der Waals surface area contributed by atoms with Gasteiger partial charge in [0.2, 0.25) is 0 Å². The lowest BCUT2D eigenvalue weighted by molar-refractivity contribution is 0.208. The maximum atomic E-state index is 11.1. The van der Waals surface area contributed by atoms with Crippen molar-refractivity contribution in [3.05, 3.63) is 28.7 Å². The van der Waals surface area contributed by atoms with E-state index in [1.165, 1.54) is 10.6 Å². The Bertz CT molecular complexity index is 331. The average Bonchev–Trinajstić information content (AvgIpc) is 2.07. The number of nitrogens with zero attached hydrogens (tertiary/aromatic N) is 1. The van der Waals surface area contributed by atoms with Gasteiger partial charge in [0.05, 0.1) is 6.10 Å². The minimum atomic E-state index is -0.413. The van der Waals surface area contributed by atoms with Crippen molar-refractivity contribution < 1.29 is 5.11 Å². The van der Waals surface area contributed by atoms with E-state index in [0.29, 0.717) is 6.54 Å². The zero-order chi connectivity index (χ0) is 9.84. The number of nitrogens with one attached hydrogen (secondary N) is 1. The van der Waals surface area contributed by atoms with Crippen molar-refractivity contribution in [1.82, 2.24) is 4.57 Å². The van der Waals surface area contributed by atoms with Crippen molar-refractivity contribution in [3.63, 3.8) is 0 Å². The minimum absolute atomic E-state index is 0.0596. The molecule has 0 aromatic carbocycles. The lowest BCUT2D eigenvalue weighted by Gasteiger charge is -2.08.